The van der Waals surface area contributed by atoms with Gasteiger partial charge < -0.3 is 0 Å². The molecule has 0 aliphatic carbocycles. The third-order valence-corrected chi connectivity index (χ3v) is 4.70. The van der Waals surface area contributed by atoms with E-state index in [1.54, 1.807) is 23.6 Å². The molecule has 0 aliphatic heterocycles. The SMILES string of the molecule is CC(=O)N(/N=C/c1cccs1)c1nc2ccc(Cl)cc2s1. The molecule has 0 N–H and O–H groups in total. The molecule has 0 radical (unpaired) electrons. The Balaban J connectivity index is 1.97. The molecule has 106 valence electrons. The number of carbonyl (C=O) groups excluding carboxylic acids is 1. The average molecular weight is 336 g/mol. The summed E-state index contributed by atoms with van der Waals surface area (Å²) < 4.78 is 0.926. The zero-order valence-corrected chi connectivity index (χ0v) is 13.4. The molecule has 0 unspecified atom stereocenters. The van der Waals surface area contributed by atoms with Gasteiger partial charge in [0.1, 0.15) is 0 Å². The van der Waals surface area contributed by atoms with E-state index in [2.05, 4.69) is 10.1 Å². The smallest absolute Gasteiger partial charge is 0.246 e. The van der Waals surface area contributed by atoms with Gasteiger partial charge >= 0.3 is 0 Å². The van der Waals surface area contributed by atoms with Crippen molar-refractivity contribution in [3.8, 4) is 0 Å². The summed E-state index contributed by atoms with van der Waals surface area (Å²) in [6, 6.07) is 9.31. The van der Waals surface area contributed by atoms with Crippen LogP contribution in [0.5, 0.6) is 0 Å². The van der Waals surface area contributed by atoms with E-state index in [1.165, 1.54) is 23.3 Å². The Morgan fingerprint density at radius 2 is 2.29 bits per heavy atom. The summed E-state index contributed by atoms with van der Waals surface area (Å²) in [7, 11) is 0. The van der Waals surface area contributed by atoms with E-state index in [0.717, 1.165) is 15.1 Å². The maximum atomic E-state index is 11.8. The molecule has 7 heteroatoms. The van der Waals surface area contributed by atoms with Gasteiger partial charge in [0.05, 0.1) is 16.4 Å². The van der Waals surface area contributed by atoms with Crippen LogP contribution in [0.3, 0.4) is 0 Å². The van der Waals surface area contributed by atoms with Crippen molar-refractivity contribution in [1.82, 2.24) is 4.98 Å². The van der Waals surface area contributed by atoms with Crippen LogP contribution in [-0.4, -0.2) is 17.1 Å². The van der Waals surface area contributed by atoms with Crippen LogP contribution in [0, 0.1) is 0 Å². The van der Waals surface area contributed by atoms with Crippen LogP contribution < -0.4 is 5.01 Å². The van der Waals surface area contributed by atoms with Crippen molar-refractivity contribution in [2.75, 3.05) is 5.01 Å². The summed E-state index contributed by atoms with van der Waals surface area (Å²) >= 11 is 8.91. The number of hydrogen-bond acceptors (Lipinski definition) is 5. The number of thiophene rings is 1. The number of hydrogen-bond donors (Lipinski definition) is 0. The number of amides is 1. The Labute approximate surface area is 134 Å². The lowest BCUT2D eigenvalue weighted by atomic mass is 10.3. The minimum Gasteiger partial charge on any atom is -0.273 e. The topological polar surface area (TPSA) is 45.6 Å². The predicted molar refractivity (Wildman–Crippen MR) is 89.7 cm³/mol. The molecule has 21 heavy (non-hydrogen) atoms. The van der Waals surface area contributed by atoms with Gasteiger partial charge in [-0.2, -0.15) is 10.1 Å². The van der Waals surface area contributed by atoms with Crippen LogP contribution in [-0.2, 0) is 4.79 Å². The first-order chi connectivity index (χ1) is 10.1. The number of hydrazone groups is 1. The average Bonchev–Trinajstić information content (AvgIpc) is 3.07. The Bertz CT molecular complexity index is 811. The van der Waals surface area contributed by atoms with Crippen LogP contribution >= 0.6 is 34.3 Å². The molecule has 2 heterocycles. The standard InChI is InChI=1S/C14H10ClN3OS2/c1-9(19)18(16-8-11-3-2-6-20-11)14-17-12-5-4-10(15)7-13(12)21-14/h2-8H,1H3/b16-8+. The Hall–Kier alpha value is -1.76. The van der Waals surface area contributed by atoms with Gasteiger partial charge in [0.25, 0.3) is 0 Å². The number of fused-ring (bicyclic) bond motifs is 1. The molecule has 0 spiro atoms. The van der Waals surface area contributed by atoms with E-state index >= 15 is 0 Å². The zero-order chi connectivity index (χ0) is 14.8. The van der Waals surface area contributed by atoms with Crippen molar-refractivity contribution < 1.29 is 4.79 Å². The number of aromatic nitrogens is 1. The first-order valence-electron chi connectivity index (χ1n) is 6.08. The van der Waals surface area contributed by atoms with Gasteiger partial charge in [-0.1, -0.05) is 29.0 Å². The fraction of sp³-hybridized carbons (Fsp3) is 0.0714. The molecular formula is C14H10ClN3OS2. The molecule has 1 aromatic carbocycles. The second kappa shape index (κ2) is 5.93. The molecule has 2 aromatic heterocycles. The molecule has 4 nitrogen and oxygen atoms in total. The molecule has 0 saturated heterocycles. The van der Waals surface area contributed by atoms with E-state index in [4.69, 9.17) is 11.6 Å². The van der Waals surface area contributed by atoms with E-state index in [9.17, 15) is 4.79 Å². The van der Waals surface area contributed by atoms with Crippen molar-refractivity contribution >= 4 is 61.7 Å². The molecule has 0 aliphatic rings. The molecular weight excluding hydrogens is 326 g/mol. The highest BCUT2D eigenvalue weighted by molar-refractivity contribution is 7.22. The highest BCUT2D eigenvalue weighted by Gasteiger charge is 2.15. The summed E-state index contributed by atoms with van der Waals surface area (Å²) in [5.74, 6) is -0.187. The summed E-state index contributed by atoms with van der Waals surface area (Å²) in [4.78, 5) is 17.2. The maximum absolute atomic E-state index is 11.8. The minimum absolute atomic E-state index is 0.187. The fourth-order valence-electron chi connectivity index (χ4n) is 1.72. The second-order valence-electron chi connectivity index (χ2n) is 4.20. The number of carbonyl (C=O) groups is 1. The number of nitrogens with zero attached hydrogens (tertiary/aromatic N) is 3. The Kier molecular flexibility index (Phi) is 4.01. The van der Waals surface area contributed by atoms with E-state index in [-0.39, 0.29) is 5.91 Å². The van der Waals surface area contributed by atoms with Gasteiger partial charge in [0.15, 0.2) is 0 Å². The lowest BCUT2D eigenvalue weighted by Gasteiger charge is -2.09. The van der Waals surface area contributed by atoms with Crippen LogP contribution in [0.1, 0.15) is 11.8 Å². The highest BCUT2D eigenvalue weighted by Crippen LogP contribution is 2.31. The van der Waals surface area contributed by atoms with Crippen LogP contribution in [0.2, 0.25) is 5.02 Å². The molecule has 0 saturated carbocycles. The van der Waals surface area contributed by atoms with Gasteiger partial charge in [-0.3, -0.25) is 4.79 Å². The number of benzene rings is 1. The third kappa shape index (κ3) is 3.12. The van der Waals surface area contributed by atoms with E-state index in [1.807, 2.05) is 29.6 Å². The molecule has 3 aromatic rings. The summed E-state index contributed by atoms with van der Waals surface area (Å²) in [5.41, 5.74) is 0.803. The van der Waals surface area contributed by atoms with Crippen molar-refractivity contribution in [3.63, 3.8) is 0 Å². The second-order valence-corrected chi connectivity index (χ2v) is 6.62. The number of thiazole rings is 1. The number of rotatable bonds is 3. The van der Waals surface area contributed by atoms with Gasteiger partial charge in [-0.25, -0.2) is 4.98 Å². The largest absolute Gasteiger partial charge is 0.273 e. The number of anilines is 1. The summed E-state index contributed by atoms with van der Waals surface area (Å²) in [6.07, 6.45) is 1.66. The lowest BCUT2D eigenvalue weighted by Crippen LogP contribution is -2.22. The van der Waals surface area contributed by atoms with Gasteiger partial charge in [-0.15, -0.1) is 11.3 Å². The van der Waals surface area contributed by atoms with Crippen LogP contribution in [0.15, 0.2) is 40.8 Å². The Morgan fingerprint density at radius 1 is 1.43 bits per heavy atom. The quantitative estimate of drug-likeness (QED) is 0.526. The molecule has 0 atom stereocenters. The van der Waals surface area contributed by atoms with Gasteiger partial charge in [0, 0.05) is 16.8 Å². The summed E-state index contributed by atoms with van der Waals surface area (Å²) in [6.45, 7) is 1.46. The predicted octanol–water partition coefficient (Wildman–Crippen LogP) is 4.40. The molecule has 3 rings (SSSR count). The first-order valence-corrected chi connectivity index (χ1v) is 8.15. The van der Waals surface area contributed by atoms with Crippen molar-refractivity contribution in [3.05, 3.63) is 45.6 Å². The lowest BCUT2D eigenvalue weighted by molar-refractivity contribution is -0.116. The van der Waals surface area contributed by atoms with E-state index in [0.29, 0.717) is 10.2 Å². The molecule has 0 bridgehead atoms. The molecule has 1 amide bonds. The number of halogens is 1. The van der Waals surface area contributed by atoms with Crippen molar-refractivity contribution in [2.24, 2.45) is 5.10 Å². The monoisotopic (exact) mass is 335 g/mol. The first kappa shape index (κ1) is 14.2. The van der Waals surface area contributed by atoms with Crippen LogP contribution in [0.4, 0.5) is 5.13 Å². The third-order valence-electron chi connectivity index (χ3n) is 2.66. The summed E-state index contributed by atoms with van der Waals surface area (Å²) in [5, 5.41) is 8.68. The molecule has 0 fully saturated rings. The van der Waals surface area contributed by atoms with Gasteiger partial charge in [-0.05, 0) is 29.6 Å². The van der Waals surface area contributed by atoms with Crippen molar-refractivity contribution in [2.45, 2.75) is 6.92 Å². The fourth-order valence-corrected chi connectivity index (χ4v) is 3.54. The Morgan fingerprint density at radius 3 is 3.00 bits per heavy atom. The minimum atomic E-state index is -0.187. The van der Waals surface area contributed by atoms with Gasteiger partial charge in [0.2, 0.25) is 11.0 Å². The van der Waals surface area contributed by atoms with Crippen molar-refractivity contribution in [1.29, 1.82) is 0 Å². The maximum Gasteiger partial charge on any atom is 0.246 e. The van der Waals surface area contributed by atoms with Crippen LogP contribution in [0.25, 0.3) is 10.2 Å². The zero-order valence-electron chi connectivity index (χ0n) is 11.0. The van der Waals surface area contributed by atoms with E-state index < -0.39 is 0 Å². The highest BCUT2D eigenvalue weighted by atomic mass is 35.5. The normalized spacial score (nSPS) is 11.3.